The van der Waals surface area contributed by atoms with Gasteiger partial charge in [0.1, 0.15) is 17.7 Å². The number of rotatable bonds is 10. The molecule has 150 valence electrons. The average molecular weight is 387 g/mol. The maximum atomic E-state index is 12.1. The zero-order valence-electron chi connectivity index (χ0n) is 16.2. The molecule has 0 aliphatic rings. The van der Waals surface area contributed by atoms with Gasteiger partial charge in [0.2, 0.25) is 0 Å². The molecule has 0 aliphatic carbocycles. The third kappa shape index (κ3) is 7.50. The topological polar surface area (TPSA) is 129 Å². The second-order valence-corrected chi connectivity index (χ2v) is 6.46. The van der Waals surface area contributed by atoms with E-state index >= 15 is 0 Å². The molecule has 0 aromatic heterocycles. The molecule has 0 fully saturated rings. The van der Waals surface area contributed by atoms with Gasteiger partial charge >= 0.3 is 11.9 Å². The molecule has 8 heteroatoms. The second-order valence-electron chi connectivity index (χ2n) is 6.46. The first-order valence-corrected chi connectivity index (χ1v) is 8.91. The second kappa shape index (κ2) is 11.4. The predicted molar refractivity (Wildman–Crippen MR) is 102 cm³/mol. The number of nitrogens with zero attached hydrogens (tertiary/aromatic N) is 1. The van der Waals surface area contributed by atoms with E-state index in [1.807, 2.05) is 13.8 Å². The Morgan fingerprint density at radius 3 is 2.39 bits per heavy atom. The Morgan fingerprint density at radius 1 is 1.25 bits per heavy atom. The number of carbonyl (C=O) groups is 3. The number of benzene rings is 1. The van der Waals surface area contributed by atoms with Gasteiger partial charge in [0.15, 0.2) is 0 Å². The molecule has 0 radical (unpaired) electrons. The Bertz CT molecular complexity index is 763. The number of nitrogens with one attached hydrogen (secondary N) is 2. The smallest absolute Gasteiger partial charge is 0.338 e. The predicted octanol–water partition coefficient (Wildman–Crippen LogP) is 1.98. The fourth-order valence-electron chi connectivity index (χ4n) is 2.32. The van der Waals surface area contributed by atoms with Gasteiger partial charge in [0.25, 0.3) is 5.91 Å². The Balaban J connectivity index is 2.67. The number of amides is 1. The maximum Gasteiger partial charge on any atom is 0.338 e. The summed E-state index contributed by atoms with van der Waals surface area (Å²) in [6.45, 7) is 6.03. The first-order chi connectivity index (χ1) is 13.3. The summed E-state index contributed by atoms with van der Waals surface area (Å²) in [7, 11) is 0. The first-order valence-electron chi connectivity index (χ1n) is 8.91. The van der Waals surface area contributed by atoms with Crippen LogP contribution >= 0.6 is 0 Å². The summed E-state index contributed by atoms with van der Waals surface area (Å²) < 4.78 is 4.91. The molecular formula is C20H25N3O5. The molecule has 1 amide bonds. The Kier molecular flexibility index (Phi) is 9.23. The van der Waals surface area contributed by atoms with E-state index in [1.54, 1.807) is 37.3 Å². The third-order valence-corrected chi connectivity index (χ3v) is 3.69. The number of aliphatic carboxylic acids is 1. The van der Waals surface area contributed by atoms with Crippen LogP contribution in [0.3, 0.4) is 0 Å². The molecule has 0 heterocycles. The van der Waals surface area contributed by atoms with Crippen molar-refractivity contribution in [2.24, 2.45) is 5.92 Å². The summed E-state index contributed by atoms with van der Waals surface area (Å²) in [6.07, 6.45) is 1.50. The van der Waals surface area contributed by atoms with Crippen LogP contribution in [0.15, 0.2) is 36.0 Å². The van der Waals surface area contributed by atoms with Crippen molar-refractivity contribution in [3.05, 3.63) is 47.2 Å². The van der Waals surface area contributed by atoms with Crippen molar-refractivity contribution in [2.75, 3.05) is 6.61 Å². The van der Waals surface area contributed by atoms with Crippen LogP contribution in [0.25, 0.3) is 0 Å². The standard InChI is InChI=1S/C20H25N3O5/c1-4-28-20(27)15-7-5-14(6-8-15)11-22-12-16(10-21)18(24)23-17(19(25)26)9-13(2)3/h5-8,12-13,17,22H,4,9,11H2,1-3H3,(H,23,24)(H,25,26)/b16-12-. The molecule has 3 N–H and O–H groups in total. The summed E-state index contributed by atoms with van der Waals surface area (Å²) in [5.41, 5.74) is 1.03. The maximum absolute atomic E-state index is 12.1. The van der Waals surface area contributed by atoms with Crippen molar-refractivity contribution in [1.29, 1.82) is 5.26 Å². The lowest BCUT2D eigenvalue weighted by Gasteiger charge is -2.16. The van der Waals surface area contributed by atoms with E-state index in [9.17, 15) is 19.5 Å². The molecule has 1 aromatic carbocycles. The number of carbonyl (C=O) groups excluding carboxylic acids is 2. The lowest BCUT2D eigenvalue weighted by Crippen LogP contribution is -2.42. The van der Waals surface area contributed by atoms with E-state index in [1.165, 1.54) is 6.20 Å². The largest absolute Gasteiger partial charge is 0.480 e. The molecule has 0 aliphatic heterocycles. The van der Waals surface area contributed by atoms with Crippen LogP contribution in [0.1, 0.15) is 43.1 Å². The van der Waals surface area contributed by atoms with E-state index in [0.717, 1.165) is 5.56 Å². The molecule has 0 saturated heterocycles. The third-order valence-electron chi connectivity index (χ3n) is 3.69. The van der Waals surface area contributed by atoms with Crippen molar-refractivity contribution in [3.63, 3.8) is 0 Å². The minimum atomic E-state index is -1.14. The van der Waals surface area contributed by atoms with Crippen LogP contribution in [-0.2, 0) is 20.9 Å². The highest BCUT2D eigenvalue weighted by molar-refractivity contribution is 5.99. The van der Waals surface area contributed by atoms with Gasteiger partial charge < -0.3 is 20.5 Å². The van der Waals surface area contributed by atoms with Gasteiger partial charge in [-0.2, -0.15) is 5.26 Å². The molecule has 1 unspecified atom stereocenters. The fraction of sp³-hybridized carbons (Fsp3) is 0.400. The molecule has 0 spiro atoms. The lowest BCUT2D eigenvalue weighted by molar-refractivity contribution is -0.141. The van der Waals surface area contributed by atoms with E-state index in [4.69, 9.17) is 10.00 Å². The highest BCUT2D eigenvalue weighted by atomic mass is 16.5. The van der Waals surface area contributed by atoms with E-state index < -0.39 is 23.9 Å². The average Bonchev–Trinajstić information content (AvgIpc) is 2.64. The van der Waals surface area contributed by atoms with Gasteiger partial charge in [-0.25, -0.2) is 9.59 Å². The summed E-state index contributed by atoms with van der Waals surface area (Å²) in [5.74, 6) is -2.22. The van der Waals surface area contributed by atoms with Gasteiger partial charge in [0, 0.05) is 12.7 Å². The van der Waals surface area contributed by atoms with Crippen LogP contribution in [0, 0.1) is 17.2 Å². The van der Waals surface area contributed by atoms with Crippen LogP contribution in [0.2, 0.25) is 0 Å². The molecule has 0 saturated carbocycles. The van der Waals surface area contributed by atoms with Crippen molar-refractivity contribution in [2.45, 2.75) is 39.8 Å². The Labute approximate surface area is 164 Å². The van der Waals surface area contributed by atoms with Crippen molar-refractivity contribution >= 4 is 17.8 Å². The normalized spacial score (nSPS) is 12.0. The quantitative estimate of drug-likeness (QED) is 0.318. The van der Waals surface area contributed by atoms with Crippen LogP contribution in [-0.4, -0.2) is 35.6 Å². The van der Waals surface area contributed by atoms with E-state index in [-0.39, 0.29) is 17.9 Å². The summed E-state index contributed by atoms with van der Waals surface area (Å²) in [4.78, 5) is 35.0. The monoisotopic (exact) mass is 387 g/mol. The van der Waals surface area contributed by atoms with Gasteiger partial charge in [-0.15, -0.1) is 0 Å². The van der Waals surface area contributed by atoms with Gasteiger partial charge in [-0.3, -0.25) is 4.79 Å². The highest BCUT2D eigenvalue weighted by Gasteiger charge is 2.22. The van der Waals surface area contributed by atoms with Gasteiger partial charge in [-0.1, -0.05) is 26.0 Å². The molecule has 0 bridgehead atoms. The Morgan fingerprint density at radius 2 is 1.89 bits per heavy atom. The van der Waals surface area contributed by atoms with Crippen LogP contribution < -0.4 is 10.6 Å². The zero-order valence-corrected chi connectivity index (χ0v) is 16.2. The van der Waals surface area contributed by atoms with Crippen molar-refractivity contribution in [1.82, 2.24) is 10.6 Å². The summed E-state index contributed by atoms with van der Waals surface area (Å²) in [5, 5.41) is 23.5. The van der Waals surface area contributed by atoms with Gasteiger partial charge in [0.05, 0.1) is 12.2 Å². The highest BCUT2D eigenvalue weighted by Crippen LogP contribution is 2.07. The zero-order chi connectivity index (χ0) is 21.1. The molecular weight excluding hydrogens is 362 g/mol. The number of ether oxygens (including phenoxy) is 1. The summed E-state index contributed by atoms with van der Waals surface area (Å²) in [6, 6.07) is 7.40. The molecule has 8 nitrogen and oxygen atoms in total. The van der Waals surface area contributed by atoms with Gasteiger partial charge in [-0.05, 0) is 37.0 Å². The SMILES string of the molecule is CCOC(=O)c1ccc(CN/C=C(/C#N)C(=O)NC(CC(C)C)C(=O)O)cc1. The fourth-order valence-corrected chi connectivity index (χ4v) is 2.32. The Hall–Kier alpha value is -3.34. The molecule has 1 atom stereocenters. The van der Waals surface area contributed by atoms with Crippen molar-refractivity contribution < 1.29 is 24.2 Å². The number of hydrogen-bond donors (Lipinski definition) is 3. The number of carboxylic acids is 1. The summed E-state index contributed by atoms with van der Waals surface area (Å²) >= 11 is 0. The van der Waals surface area contributed by atoms with Crippen molar-refractivity contribution in [3.8, 4) is 6.07 Å². The van der Waals surface area contributed by atoms with E-state index in [2.05, 4.69) is 10.6 Å². The number of carboxylic acid groups (broad SMARTS) is 1. The molecule has 1 aromatic rings. The molecule has 28 heavy (non-hydrogen) atoms. The van der Waals surface area contributed by atoms with Crippen LogP contribution in [0.4, 0.5) is 0 Å². The number of nitriles is 1. The first kappa shape index (κ1) is 22.7. The minimum Gasteiger partial charge on any atom is -0.480 e. The number of esters is 1. The van der Waals surface area contributed by atoms with E-state index in [0.29, 0.717) is 18.7 Å². The lowest BCUT2D eigenvalue weighted by atomic mass is 10.0. The number of hydrogen-bond acceptors (Lipinski definition) is 6. The van der Waals surface area contributed by atoms with Crippen LogP contribution in [0.5, 0.6) is 0 Å². The molecule has 1 rings (SSSR count). The minimum absolute atomic E-state index is 0.0756.